The summed E-state index contributed by atoms with van der Waals surface area (Å²) < 4.78 is 13.1. The van der Waals surface area contributed by atoms with Crippen molar-refractivity contribution in [2.45, 2.75) is 39.1 Å². The Hall–Kier alpha value is -2.64. The Morgan fingerprint density at radius 3 is 2.93 bits per heavy atom. The molecule has 3 heterocycles. The zero-order valence-electron chi connectivity index (χ0n) is 15.4. The maximum Gasteiger partial charge on any atom is 0.217 e. The number of fused-ring (bicyclic) bond motifs is 1. The number of benzene rings is 1. The van der Waals surface area contributed by atoms with Crippen LogP contribution in [0.5, 0.6) is 5.75 Å². The summed E-state index contributed by atoms with van der Waals surface area (Å²) in [6, 6.07) is 11.8. The van der Waals surface area contributed by atoms with E-state index in [1.165, 1.54) is 5.56 Å². The largest absolute Gasteiger partial charge is 0.492 e. The summed E-state index contributed by atoms with van der Waals surface area (Å²) in [4.78, 5) is 6.97. The van der Waals surface area contributed by atoms with Crippen LogP contribution in [0.4, 0.5) is 0 Å². The van der Waals surface area contributed by atoms with Gasteiger partial charge in [0.25, 0.3) is 0 Å². The molecule has 142 valence electrons. The molecule has 27 heavy (non-hydrogen) atoms. The third-order valence-electron chi connectivity index (χ3n) is 4.74. The molecule has 1 aliphatic rings. The average molecular weight is 368 g/mol. The average Bonchev–Trinajstić information content (AvgIpc) is 3.28. The van der Waals surface area contributed by atoms with Gasteiger partial charge in [-0.3, -0.25) is 4.90 Å². The topological polar surface area (TPSA) is 76.5 Å². The van der Waals surface area contributed by atoms with E-state index < -0.39 is 6.10 Å². The molecule has 0 fully saturated rings. The van der Waals surface area contributed by atoms with Crippen LogP contribution in [0.1, 0.15) is 24.7 Å². The second-order valence-corrected chi connectivity index (χ2v) is 6.74. The molecule has 1 atom stereocenters. The lowest BCUT2D eigenvalue weighted by atomic mass is 10.2. The predicted molar refractivity (Wildman–Crippen MR) is 100 cm³/mol. The minimum Gasteiger partial charge on any atom is -0.492 e. The lowest BCUT2D eigenvalue weighted by Gasteiger charge is -2.19. The van der Waals surface area contributed by atoms with Gasteiger partial charge in [-0.1, -0.05) is 25.1 Å². The highest BCUT2D eigenvalue weighted by molar-refractivity contribution is 5.45. The first-order chi connectivity index (χ1) is 13.2. The molecule has 2 aromatic heterocycles. The minimum atomic E-state index is -0.455. The highest BCUT2D eigenvalue weighted by atomic mass is 16.5. The van der Waals surface area contributed by atoms with E-state index >= 15 is 0 Å². The van der Waals surface area contributed by atoms with E-state index in [0.717, 1.165) is 24.7 Å². The molecule has 0 bridgehead atoms. The lowest BCUT2D eigenvalue weighted by molar-refractivity contribution is 0.140. The molecule has 7 heteroatoms. The van der Waals surface area contributed by atoms with Crippen molar-refractivity contribution in [3.8, 4) is 17.3 Å². The summed E-state index contributed by atoms with van der Waals surface area (Å²) in [7, 11) is 0. The number of furan rings is 1. The van der Waals surface area contributed by atoms with Gasteiger partial charge in [-0.25, -0.2) is 9.67 Å². The molecular formula is C20H24N4O3. The molecule has 0 spiro atoms. The molecule has 1 N–H and O–H groups in total. The zero-order valence-corrected chi connectivity index (χ0v) is 15.4. The molecule has 7 nitrogen and oxygen atoms in total. The number of nitrogens with zero attached hydrogens (tertiary/aromatic N) is 4. The van der Waals surface area contributed by atoms with Crippen LogP contribution in [0, 0.1) is 0 Å². The Morgan fingerprint density at radius 1 is 1.22 bits per heavy atom. The maximum absolute atomic E-state index is 10.1. The maximum atomic E-state index is 10.1. The van der Waals surface area contributed by atoms with Crippen LogP contribution in [-0.4, -0.2) is 44.0 Å². The Bertz CT molecular complexity index is 875. The van der Waals surface area contributed by atoms with Crippen molar-refractivity contribution in [1.82, 2.24) is 19.7 Å². The van der Waals surface area contributed by atoms with Gasteiger partial charge in [-0.05, 0) is 24.6 Å². The highest BCUT2D eigenvalue weighted by Crippen LogP contribution is 2.24. The number of hydrogen-bond donors (Lipinski definition) is 1. The first kappa shape index (κ1) is 17.8. The van der Waals surface area contributed by atoms with Gasteiger partial charge in [-0.2, -0.15) is 0 Å². The number of ether oxygens (including phenoxy) is 1. The normalized spacial score (nSPS) is 15.8. The minimum absolute atomic E-state index is 0.417. The SMILES string of the molecule is CC[C@@H](O)Cn1nc(-c2ccco2)nc1CN1CCOc2ccccc2C1. The summed E-state index contributed by atoms with van der Waals surface area (Å²) in [5, 5.41) is 14.7. The zero-order chi connectivity index (χ0) is 18.6. The third-order valence-corrected chi connectivity index (χ3v) is 4.74. The van der Waals surface area contributed by atoms with E-state index in [0.29, 0.717) is 37.7 Å². The summed E-state index contributed by atoms with van der Waals surface area (Å²) in [5.41, 5.74) is 1.17. The number of rotatable bonds is 6. The number of para-hydroxylation sites is 1. The molecule has 3 aromatic rings. The van der Waals surface area contributed by atoms with Gasteiger partial charge in [0.1, 0.15) is 18.2 Å². The second-order valence-electron chi connectivity index (χ2n) is 6.74. The fourth-order valence-corrected chi connectivity index (χ4v) is 3.19. The Kier molecular flexibility index (Phi) is 5.22. The van der Waals surface area contributed by atoms with Gasteiger partial charge in [0.05, 0.1) is 25.5 Å². The fourth-order valence-electron chi connectivity index (χ4n) is 3.19. The van der Waals surface area contributed by atoms with E-state index in [9.17, 15) is 5.11 Å². The van der Waals surface area contributed by atoms with Crippen molar-refractivity contribution in [1.29, 1.82) is 0 Å². The molecule has 0 amide bonds. The molecule has 0 saturated carbocycles. The predicted octanol–water partition coefficient (Wildman–Crippen LogP) is 2.70. The molecule has 0 aliphatic carbocycles. The summed E-state index contributed by atoms with van der Waals surface area (Å²) in [6.07, 6.45) is 1.82. The molecule has 1 aliphatic heterocycles. The standard InChI is InChI=1S/C20H24N4O3/c1-2-16(25)13-24-19(21-20(22-24)18-8-5-10-26-18)14-23-9-11-27-17-7-4-3-6-15(17)12-23/h3-8,10,16,25H,2,9,11-14H2,1H3/t16-/m1/s1. The summed E-state index contributed by atoms with van der Waals surface area (Å²) in [5.74, 6) is 2.93. The molecule has 0 radical (unpaired) electrons. The number of aliphatic hydroxyl groups is 1. The van der Waals surface area contributed by atoms with E-state index in [4.69, 9.17) is 9.15 Å². The summed E-state index contributed by atoms with van der Waals surface area (Å²) in [6.45, 7) is 5.22. The molecule has 0 unspecified atom stereocenters. The van der Waals surface area contributed by atoms with Crippen LogP contribution in [0.2, 0.25) is 0 Å². The van der Waals surface area contributed by atoms with E-state index in [1.807, 2.05) is 37.3 Å². The lowest BCUT2D eigenvalue weighted by Crippen LogP contribution is -2.28. The van der Waals surface area contributed by atoms with Crippen LogP contribution in [-0.2, 0) is 19.6 Å². The highest BCUT2D eigenvalue weighted by Gasteiger charge is 2.20. The molecule has 0 saturated heterocycles. The van der Waals surface area contributed by atoms with Crippen LogP contribution in [0.25, 0.3) is 11.6 Å². The molecule has 4 rings (SSSR count). The van der Waals surface area contributed by atoms with Gasteiger partial charge < -0.3 is 14.3 Å². The van der Waals surface area contributed by atoms with E-state index in [2.05, 4.69) is 21.0 Å². The van der Waals surface area contributed by atoms with Crippen molar-refractivity contribution >= 4 is 0 Å². The van der Waals surface area contributed by atoms with Crippen LogP contribution in [0.3, 0.4) is 0 Å². The van der Waals surface area contributed by atoms with Gasteiger partial charge in [0.15, 0.2) is 5.76 Å². The van der Waals surface area contributed by atoms with Crippen LogP contribution >= 0.6 is 0 Å². The van der Waals surface area contributed by atoms with E-state index in [1.54, 1.807) is 10.9 Å². The van der Waals surface area contributed by atoms with Crippen molar-refractivity contribution in [2.75, 3.05) is 13.2 Å². The third kappa shape index (κ3) is 4.04. The molecular weight excluding hydrogens is 344 g/mol. The van der Waals surface area contributed by atoms with Crippen molar-refractivity contribution in [2.24, 2.45) is 0 Å². The number of aromatic nitrogens is 3. The van der Waals surface area contributed by atoms with Crippen molar-refractivity contribution < 1.29 is 14.3 Å². The van der Waals surface area contributed by atoms with Gasteiger partial charge in [-0.15, -0.1) is 5.10 Å². The first-order valence-electron chi connectivity index (χ1n) is 9.31. The van der Waals surface area contributed by atoms with Crippen LogP contribution in [0.15, 0.2) is 47.1 Å². The fraction of sp³-hybridized carbons (Fsp3) is 0.400. The van der Waals surface area contributed by atoms with E-state index in [-0.39, 0.29) is 0 Å². The Balaban J connectivity index is 1.58. The van der Waals surface area contributed by atoms with Gasteiger partial charge in [0.2, 0.25) is 5.82 Å². The first-order valence-corrected chi connectivity index (χ1v) is 9.31. The van der Waals surface area contributed by atoms with Crippen molar-refractivity contribution in [3.05, 3.63) is 54.0 Å². The Labute approximate surface area is 158 Å². The monoisotopic (exact) mass is 368 g/mol. The molecule has 1 aromatic carbocycles. The summed E-state index contributed by atoms with van der Waals surface area (Å²) >= 11 is 0. The van der Waals surface area contributed by atoms with Crippen molar-refractivity contribution in [3.63, 3.8) is 0 Å². The second kappa shape index (κ2) is 7.94. The smallest absolute Gasteiger partial charge is 0.217 e. The van der Waals surface area contributed by atoms with Crippen LogP contribution < -0.4 is 4.74 Å². The van der Waals surface area contributed by atoms with Gasteiger partial charge in [0, 0.05) is 18.7 Å². The number of aliphatic hydroxyl groups excluding tert-OH is 1. The Morgan fingerprint density at radius 2 is 2.11 bits per heavy atom. The van der Waals surface area contributed by atoms with Gasteiger partial charge >= 0.3 is 0 Å². The number of hydrogen-bond acceptors (Lipinski definition) is 6. The quantitative estimate of drug-likeness (QED) is 0.721.